The zero-order valence-corrected chi connectivity index (χ0v) is 11.6. The van der Waals surface area contributed by atoms with E-state index in [1.807, 2.05) is 0 Å². The first-order valence-electron chi connectivity index (χ1n) is 7.66. The molecule has 3 nitrogen and oxygen atoms in total. The van der Waals surface area contributed by atoms with E-state index >= 15 is 0 Å². The molecule has 0 aromatic heterocycles. The molecule has 3 aliphatic rings. The van der Waals surface area contributed by atoms with E-state index in [9.17, 15) is 0 Å². The summed E-state index contributed by atoms with van der Waals surface area (Å²) < 4.78 is 0. The van der Waals surface area contributed by atoms with Gasteiger partial charge in [0.15, 0.2) is 0 Å². The summed E-state index contributed by atoms with van der Waals surface area (Å²) in [5.74, 6) is 0. The Morgan fingerprint density at radius 3 is 2.58 bits per heavy atom. The fraction of sp³-hybridized carbons (Fsp3) is 0.625. The number of fused-ring (bicyclic) bond motifs is 1. The minimum absolute atomic E-state index is 0.938. The number of rotatable bonds is 3. The Balaban J connectivity index is 1.36. The molecule has 0 radical (unpaired) electrons. The van der Waals surface area contributed by atoms with Gasteiger partial charge in [-0.15, -0.1) is 0 Å². The molecule has 1 saturated carbocycles. The summed E-state index contributed by atoms with van der Waals surface area (Å²) >= 11 is 0. The van der Waals surface area contributed by atoms with Crippen LogP contribution in [0.4, 0.5) is 0 Å². The number of nitrogens with one attached hydrogen (secondary N) is 1. The van der Waals surface area contributed by atoms with Crippen LogP contribution in [-0.4, -0.2) is 42.0 Å². The van der Waals surface area contributed by atoms with Gasteiger partial charge in [-0.05, 0) is 29.5 Å². The van der Waals surface area contributed by atoms with E-state index in [-0.39, 0.29) is 0 Å². The zero-order chi connectivity index (χ0) is 12.7. The molecule has 1 aliphatic carbocycles. The van der Waals surface area contributed by atoms with Crippen molar-refractivity contribution in [2.75, 3.05) is 26.2 Å². The molecule has 2 heterocycles. The van der Waals surface area contributed by atoms with Gasteiger partial charge in [-0.25, -0.2) is 0 Å². The fourth-order valence-corrected chi connectivity index (χ4v) is 3.43. The summed E-state index contributed by atoms with van der Waals surface area (Å²) in [6, 6.07) is 7.97. The van der Waals surface area contributed by atoms with E-state index in [4.69, 9.17) is 0 Å². The summed E-state index contributed by atoms with van der Waals surface area (Å²) in [5, 5.41) is 3.42. The lowest BCUT2D eigenvalue weighted by Gasteiger charge is -2.34. The molecule has 2 aliphatic heterocycles. The van der Waals surface area contributed by atoms with Gasteiger partial charge in [0.05, 0.1) is 0 Å². The molecular formula is C16H23N3. The van der Waals surface area contributed by atoms with E-state index in [0.29, 0.717) is 0 Å². The highest BCUT2D eigenvalue weighted by Gasteiger charge is 2.31. The highest BCUT2D eigenvalue weighted by molar-refractivity contribution is 5.34. The molecule has 0 unspecified atom stereocenters. The molecule has 0 bridgehead atoms. The topological polar surface area (TPSA) is 18.5 Å². The van der Waals surface area contributed by atoms with Crippen molar-refractivity contribution in [3.63, 3.8) is 0 Å². The first kappa shape index (κ1) is 11.9. The van der Waals surface area contributed by atoms with Crippen LogP contribution in [0.15, 0.2) is 18.2 Å². The smallest absolute Gasteiger partial charge is 0.0234 e. The molecule has 0 amide bonds. The third-order valence-corrected chi connectivity index (χ3v) is 4.78. The van der Waals surface area contributed by atoms with Crippen molar-refractivity contribution in [2.45, 2.75) is 38.5 Å². The van der Waals surface area contributed by atoms with E-state index in [0.717, 1.165) is 25.7 Å². The van der Waals surface area contributed by atoms with Crippen LogP contribution in [0.1, 0.15) is 29.5 Å². The maximum Gasteiger partial charge on any atom is 0.0234 e. The molecule has 1 saturated heterocycles. The average molecular weight is 257 g/mol. The van der Waals surface area contributed by atoms with Gasteiger partial charge < -0.3 is 5.32 Å². The first-order valence-corrected chi connectivity index (χ1v) is 7.66. The standard InChI is InChI=1S/C16H23N3/c1-2-14-10-17-11-15(14)9-13(1)12-18-5-7-19(8-6-18)16-3-4-16/h1-2,9,16-17H,3-8,10-12H2. The molecule has 0 atom stereocenters. The lowest BCUT2D eigenvalue weighted by Crippen LogP contribution is -2.46. The summed E-state index contributed by atoms with van der Waals surface area (Å²) in [6.45, 7) is 8.27. The van der Waals surface area contributed by atoms with Crippen molar-refractivity contribution >= 4 is 0 Å². The van der Waals surface area contributed by atoms with Crippen LogP contribution >= 0.6 is 0 Å². The van der Waals surface area contributed by atoms with Crippen molar-refractivity contribution in [3.05, 3.63) is 34.9 Å². The van der Waals surface area contributed by atoms with Crippen LogP contribution in [0.5, 0.6) is 0 Å². The maximum absolute atomic E-state index is 3.42. The molecule has 1 N–H and O–H groups in total. The lowest BCUT2D eigenvalue weighted by atomic mass is 10.1. The minimum Gasteiger partial charge on any atom is -0.309 e. The normalized spacial score (nSPS) is 24.6. The number of benzene rings is 1. The molecule has 102 valence electrons. The van der Waals surface area contributed by atoms with Crippen molar-refractivity contribution in [1.82, 2.24) is 15.1 Å². The largest absolute Gasteiger partial charge is 0.309 e. The second-order valence-electron chi connectivity index (χ2n) is 6.25. The Morgan fingerprint density at radius 1 is 1.00 bits per heavy atom. The van der Waals surface area contributed by atoms with Gasteiger partial charge in [0.25, 0.3) is 0 Å². The molecule has 3 heteroatoms. The quantitative estimate of drug-likeness (QED) is 0.887. The molecule has 0 spiro atoms. The van der Waals surface area contributed by atoms with Gasteiger partial charge in [-0.2, -0.15) is 0 Å². The summed E-state index contributed by atoms with van der Waals surface area (Å²) in [6.07, 6.45) is 2.88. The van der Waals surface area contributed by atoms with Crippen LogP contribution in [0, 0.1) is 0 Å². The third kappa shape index (κ3) is 2.55. The number of nitrogens with zero attached hydrogens (tertiary/aromatic N) is 2. The van der Waals surface area contributed by atoms with Crippen molar-refractivity contribution < 1.29 is 0 Å². The Morgan fingerprint density at radius 2 is 1.79 bits per heavy atom. The number of hydrogen-bond acceptors (Lipinski definition) is 3. The van der Waals surface area contributed by atoms with Crippen LogP contribution < -0.4 is 5.32 Å². The molecule has 1 aromatic rings. The SMILES string of the molecule is c1cc2c(cc1CN1CCN(C3CC3)CC1)CNC2. The Kier molecular flexibility index (Phi) is 3.06. The second kappa shape index (κ2) is 4.89. The monoisotopic (exact) mass is 257 g/mol. The van der Waals surface area contributed by atoms with Gasteiger partial charge in [-0.3, -0.25) is 9.80 Å². The molecule has 19 heavy (non-hydrogen) atoms. The maximum atomic E-state index is 3.42. The van der Waals surface area contributed by atoms with Crippen molar-refractivity contribution in [2.24, 2.45) is 0 Å². The number of piperazine rings is 1. The Bertz CT molecular complexity index is 459. The summed E-state index contributed by atoms with van der Waals surface area (Å²) in [7, 11) is 0. The van der Waals surface area contributed by atoms with Gasteiger partial charge in [0, 0.05) is 51.9 Å². The summed E-state index contributed by atoms with van der Waals surface area (Å²) in [4.78, 5) is 5.30. The second-order valence-corrected chi connectivity index (χ2v) is 6.25. The van der Waals surface area contributed by atoms with Crippen molar-refractivity contribution in [3.8, 4) is 0 Å². The van der Waals surface area contributed by atoms with E-state index in [1.165, 1.54) is 55.7 Å². The van der Waals surface area contributed by atoms with Gasteiger partial charge in [0.2, 0.25) is 0 Å². The van der Waals surface area contributed by atoms with Crippen LogP contribution in [0.25, 0.3) is 0 Å². The van der Waals surface area contributed by atoms with E-state index in [2.05, 4.69) is 33.3 Å². The highest BCUT2D eigenvalue weighted by atomic mass is 15.3. The lowest BCUT2D eigenvalue weighted by molar-refractivity contribution is 0.121. The Labute approximate surface area is 115 Å². The number of hydrogen-bond donors (Lipinski definition) is 1. The van der Waals surface area contributed by atoms with Gasteiger partial charge in [-0.1, -0.05) is 18.2 Å². The van der Waals surface area contributed by atoms with E-state index in [1.54, 1.807) is 0 Å². The zero-order valence-electron chi connectivity index (χ0n) is 11.6. The van der Waals surface area contributed by atoms with Gasteiger partial charge >= 0.3 is 0 Å². The third-order valence-electron chi connectivity index (χ3n) is 4.78. The predicted molar refractivity (Wildman–Crippen MR) is 76.9 cm³/mol. The predicted octanol–water partition coefficient (Wildman–Crippen LogP) is 1.57. The highest BCUT2D eigenvalue weighted by Crippen LogP contribution is 2.27. The molecule has 1 aromatic carbocycles. The molecule has 2 fully saturated rings. The summed E-state index contributed by atoms with van der Waals surface area (Å²) in [5.41, 5.74) is 4.48. The van der Waals surface area contributed by atoms with Crippen molar-refractivity contribution in [1.29, 1.82) is 0 Å². The first-order chi connectivity index (χ1) is 9.38. The molecule has 4 rings (SSSR count). The fourth-order valence-electron chi connectivity index (χ4n) is 3.43. The van der Waals surface area contributed by atoms with Crippen LogP contribution in [0.3, 0.4) is 0 Å². The minimum atomic E-state index is 0.938. The average Bonchev–Trinajstić information content (AvgIpc) is 3.18. The van der Waals surface area contributed by atoms with E-state index < -0.39 is 0 Å². The van der Waals surface area contributed by atoms with Gasteiger partial charge in [0.1, 0.15) is 0 Å². The Hall–Kier alpha value is -0.900. The van der Waals surface area contributed by atoms with Crippen LogP contribution in [0.2, 0.25) is 0 Å². The van der Waals surface area contributed by atoms with Crippen LogP contribution in [-0.2, 0) is 19.6 Å². The molecular weight excluding hydrogens is 234 g/mol.